The molecule has 0 aliphatic rings. The third-order valence-corrected chi connectivity index (χ3v) is 1.08. The molecule has 0 aromatic carbocycles. The molecule has 0 spiro atoms. The molecule has 0 saturated heterocycles. The van der Waals surface area contributed by atoms with Crippen molar-refractivity contribution in [3.8, 4) is 0 Å². The SMILES string of the molecule is C=CCC(O)CC=CC. The summed E-state index contributed by atoms with van der Waals surface area (Å²) < 4.78 is 0. The molecule has 1 N–H and O–H groups in total. The summed E-state index contributed by atoms with van der Waals surface area (Å²) in [5.74, 6) is 0. The average Bonchev–Trinajstić information content (AvgIpc) is 1.85. The molecule has 1 nitrogen and oxygen atoms in total. The van der Waals surface area contributed by atoms with E-state index in [2.05, 4.69) is 6.58 Å². The van der Waals surface area contributed by atoms with Crippen LogP contribution in [0, 0.1) is 0 Å². The second-order valence-electron chi connectivity index (χ2n) is 1.98. The Morgan fingerprint density at radius 1 is 1.56 bits per heavy atom. The molecule has 0 amide bonds. The first kappa shape index (κ1) is 8.44. The molecule has 0 saturated carbocycles. The fraction of sp³-hybridized carbons (Fsp3) is 0.500. The van der Waals surface area contributed by atoms with E-state index in [0.717, 1.165) is 6.42 Å². The van der Waals surface area contributed by atoms with E-state index < -0.39 is 0 Å². The Hall–Kier alpha value is -0.560. The van der Waals surface area contributed by atoms with E-state index in [-0.39, 0.29) is 6.10 Å². The van der Waals surface area contributed by atoms with Crippen LogP contribution >= 0.6 is 0 Å². The van der Waals surface area contributed by atoms with E-state index in [9.17, 15) is 0 Å². The summed E-state index contributed by atoms with van der Waals surface area (Å²) in [6.45, 7) is 5.47. The van der Waals surface area contributed by atoms with E-state index in [4.69, 9.17) is 5.11 Å². The van der Waals surface area contributed by atoms with Gasteiger partial charge in [0, 0.05) is 0 Å². The molecule has 1 heteroatoms. The molecule has 0 bridgehead atoms. The molecular formula is C8H14O. The van der Waals surface area contributed by atoms with Crippen molar-refractivity contribution in [2.75, 3.05) is 0 Å². The van der Waals surface area contributed by atoms with E-state index in [1.54, 1.807) is 6.08 Å². The van der Waals surface area contributed by atoms with Gasteiger partial charge in [0.1, 0.15) is 0 Å². The van der Waals surface area contributed by atoms with Gasteiger partial charge in [-0.2, -0.15) is 0 Å². The highest BCUT2D eigenvalue weighted by atomic mass is 16.3. The molecular weight excluding hydrogens is 112 g/mol. The van der Waals surface area contributed by atoms with Gasteiger partial charge < -0.3 is 5.11 Å². The number of hydrogen-bond acceptors (Lipinski definition) is 1. The van der Waals surface area contributed by atoms with Crippen LogP contribution in [0.1, 0.15) is 19.8 Å². The summed E-state index contributed by atoms with van der Waals surface area (Å²) in [6.07, 6.45) is 6.81. The zero-order chi connectivity index (χ0) is 7.11. The summed E-state index contributed by atoms with van der Waals surface area (Å²) in [4.78, 5) is 0. The lowest BCUT2D eigenvalue weighted by Gasteiger charge is -2.01. The highest BCUT2D eigenvalue weighted by molar-refractivity contribution is 4.83. The molecule has 1 atom stereocenters. The van der Waals surface area contributed by atoms with Gasteiger partial charge in [-0.05, 0) is 19.8 Å². The maximum absolute atomic E-state index is 9.06. The Morgan fingerprint density at radius 3 is 2.67 bits per heavy atom. The average molecular weight is 126 g/mol. The maximum Gasteiger partial charge on any atom is 0.0608 e. The minimum absolute atomic E-state index is 0.237. The van der Waals surface area contributed by atoms with Crippen LogP contribution in [0.15, 0.2) is 24.8 Å². The highest BCUT2D eigenvalue weighted by Crippen LogP contribution is 1.98. The highest BCUT2D eigenvalue weighted by Gasteiger charge is 1.95. The summed E-state index contributed by atoms with van der Waals surface area (Å²) in [7, 11) is 0. The van der Waals surface area contributed by atoms with Crippen LogP contribution in [0.4, 0.5) is 0 Å². The third-order valence-electron chi connectivity index (χ3n) is 1.08. The lowest BCUT2D eigenvalue weighted by atomic mass is 10.2. The van der Waals surface area contributed by atoms with Gasteiger partial charge >= 0.3 is 0 Å². The number of rotatable bonds is 4. The molecule has 0 fully saturated rings. The van der Waals surface area contributed by atoms with Crippen LogP contribution in [0.3, 0.4) is 0 Å². The van der Waals surface area contributed by atoms with Crippen LogP contribution in [0.5, 0.6) is 0 Å². The maximum atomic E-state index is 9.06. The molecule has 0 radical (unpaired) electrons. The number of allylic oxidation sites excluding steroid dienone is 1. The van der Waals surface area contributed by atoms with Crippen LogP contribution in [0.2, 0.25) is 0 Å². The molecule has 52 valence electrons. The minimum Gasteiger partial charge on any atom is -0.392 e. The van der Waals surface area contributed by atoms with Crippen molar-refractivity contribution in [1.82, 2.24) is 0 Å². The van der Waals surface area contributed by atoms with Crippen molar-refractivity contribution in [2.45, 2.75) is 25.9 Å². The summed E-state index contributed by atoms with van der Waals surface area (Å²) in [5.41, 5.74) is 0. The van der Waals surface area contributed by atoms with Crippen molar-refractivity contribution in [2.24, 2.45) is 0 Å². The zero-order valence-corrected chi connectivity index (χ0v) is 5.88. The van der Waals surface area contributed by atoms with Gasteiger partial charge in [-0.25, -0.2) is 0 Å². The largest absolute Gasteiger partial charge is 0.392 e. The Morgan fingerprint density at radius 2 is 2.22 bits per heavy atom. The van der Waals surface area contributed by atoms with Crippen molar-refractivity contribution in [3.63, 3.8) is 0 Å². The van der Waals surface area contributed by atoms with E-state index in [1.807, 2.05) is 19.1 Å². The van der Waals surface area contributed by atoms with Crippen LogP contribution in [-0.4, -0.2) is 11.2 Å². The van der Waals surface area contributed by atoms with Crippen LogP contribution < -0.4 is 0 Å². The van der Waals surface area contributed by atoms with Crippen molar-refractivity contribution < 1.29 is 5.11 Å². The number of aliphatic hydroxyl groups is 1. The molecule has 0 aromatic rings. The Bertz CT molecular complexity index is 94.7. The monoisotopic (exact) mass is 126 g/mol. The van der Waals surface area contributed by atoms with Crippen molar-refractivity contribution in [1.29, 1.82) is 0 Å². The number of aliphatic hydroxyl groups excluding tert-OH is 1. The van der Waals surface area contributed by atoms with Gasteiger partial charge in [0.05, 0.1) is 6.10 Å². The summed E-state index contributed by atoms with van der Waals surface area (Å²) in [6, 6.07) is 0. The Kier molecular flexibility index (Phi) is 5.23. The Balaban J connectivity index is 3.25. The normalized spacial score (nSPS) is 14.0. The second-order valence-corrected chi connectivity index (χ2v) is 1.98. The van der Waals surface area contributed by atoms with Gasteiger partial charge in [0.25, 0.3) is 0 Å². The molecule has 9 heavy (non-hydrogen) atoms. The third kappa shape index (κ3) is 5.31. The summed E-state index contributed by atoms with van der Waals surface area (Å²) >= 11 is 0. The minimum atomic E-state index is -0.237. The first-order valence-corrected chi connectivity index (χ1v) is 3.21. The predicted molar refractivity (Wildman–Crippen MR) is 40.3 cm³/mol. The fourth-order valence-corrected chi connectivity index (χ4v) is 0.582. The van der Waals surface area contributed by atoms with Gasteiger partial charge in [-0.15, -0.1) is 6.58 Å². The van der Waals surface area contributed by atoms with E-state index >= 15 is 0 Å². The van der Waals surface area contributed by atoms with Crippen LogP contribution in [-0.2, 0) is 0 Å². The molecule has 0 aromatic heterocycles. The Labute approximate surface area is 56.7 Å². The summed E-state index contributed by atoms with van der Waals surface area (Å²) in [5, 5.41) is 9.06. The van der Waals surface area contributed by atoms with Crippen molar-refractivity contribution in [3.05, 3.63) is 24.8 Å². The first-order chi connectivity index (χ1) is 4.31. The standard InChI is InChI=1S/C8H14O/c1-3-5-7-8(9)6-4-2/h3-5,8-9H,2,6-7H2,1H3. The molecule has 0 heterocycles. The zero-order valence-electron chi connectivity index (χ0n) is 5.88. The van der Waals surface area contributed by atoms with Crippen molar-refractivity contribution >= 4 is 0 Å². The molecule has 0 aliphatic heterocycles. The molecule has 1 unspecified atom stereocenters. The second kappa shape index (κ2) is 5.57. The predicted octanol–water partition coefficient (Wildman–Crippen LogP) is 1.89. The van der Waals surface area contributed by atoms with Gasteiger partial charge in [0.15, 0.2) is 0 Å². The van der Waals surface area contributed by atoms with Gasteiger partial charge in [0.2, 0.25) is 0 Å². The molecule has 0 aliphatic carbocycles. The van der Waals surface area contributed by atoms with Gasteiger partial charge in [-0.1, -0.05) is 18.2 Å². The smallest absolute Gasteiger partial charge is 0.0608 e. The van der Waals surface area contributed by atoms with Crippen LogP contribution in [0.25, 0.3) is 0 Å². The lowest BCUT2D eigenvalue weighted by Crippen LogP contribution is -2.01. The van der Waals surface area contributed by atoms with Gasteiger partial charge in [-0.3, -0.25) is 0 Å². The van der Waals surface area contributed by atoms with E-state index in [0.29, 0.717) is 6.42 Å². The van der Waals surface area contributed by atoms with E-state index in [1.165, 1.54) is 0 Å². The quantitative estimate of drug-likeness (QED) is 0.570. The fourth-order valence-electron chi connectivity index (χ4n) is 0.582. The molecule has 0 rings (SSSR count). The first-order valence-electron chi connectivity index (χ1n) is 3.21. The number of hydrogen-bond donors (Lipinski definition) is 1. The lowest BCUT2D eigenvalue weighted by molar-refractivity contribution is 0.181. The topological polar surface area (TPSA) is 20.2 Å².